The van der Waals surface area contributed by atoms with Crippen LogP contribution >= 0.6 is 11.6 Å². The molecule has 1 amide bonds. The van der Waals surface area contributed by atoms with E-state index in [1.165, 1.54) is 0 Å². The first kappa shape index (κ1) is 13.1. The van der Waals surface area contributed by atoms with Crippen molar-refractivity contribution in [1.82, 2.24) is 15.5 Å². The Balaban J connectivity index is 1.69. The number of benzene rings is 1. The van der Waals surface area contributed by atoms with Crippen LogP contribution in [-0.4, -0.2) is 16.0 Å². The van der Waals surface area contributed by atoms with Crippen LogP contribution in [0.15, 0.2) is 22.7 Å². The zero-order valence-electron chi connectivity index (χ0n) is 11.0. The minimum absolute atomic E-state index is 0.0585. The lowest BCUT2D eigenvalue weighted by atomic mass is 10.1. The zero-order valence-corrected chi connectivity index (χ0v) is 11.8. The molecule has 1 aromatic carbocycles. The normalized spacial score (nSPS) is 14.3. The van der Waals surface area contributed by atoms with E-state index in [0.29, 0.717) is 16.7 Å². The van der Waals surface area contributed by atoms with Crippen molar-refractivity contribution in [3.05, 3.63) is 34.7 Å². The van der Waals surface area contributed by atoms with Crippen LogP contribution in [0.1, 0.15) is 24.3 Å². The molecule has 104 valence electrons. The summed E-state index contributed by atoms with van der Waals surface area (Å²) in [5.74, 6) is 1.10. The smallest absolute Gasteiger partial charge is 0.246 e. The van der Waals surface area contributed by atoms with Crippen molar-refractivity contribution < 1.29 is 9.32 Å². The van der Waals surface area contributed by atoms with Crippen molar-refractivity contribution in [2.75, 3.05) is 0 Å². The first-order valence-corrected chi connectivity index (χ1v) is 6.88. The number of rotatable bonds is 4. The molecule has 1 fully saturated rings. The summed E-state index contributed by atoms with van der Waals surface area (Å²) in [4.78, 5) is 15.8. The van der Waals surface area contributed by atoms with E-state index in [-0.39, 0.29) is 18.4 Å². The fourth-order valence-corrected chi connectivity index (χ4v) is 2.01. The maximum atomic E-state index is 11.5. The summed E-state index contributed by atoms with van der Waals surface area (Å²) >= 11 is 6.07. The van der Waals surface area contributed by atoms with E-state index in [2.05, 4.69) is 15.5 Å². The van der Waals surface area contributed by atoms with Gasteiger partial charge in [-0.3, -0.25) is 4.79 Å². The summed E-state index contributed by atoms with van der Waals surface area (Å²) in [6.07, 6.45) is 1.95. The quantitative estimate of drug-likeness (QED) is 0.940. The number of hydrogen-bond acceptors (Lipinski definition) is 4. The van der Waals surface area contributed by atoms with Gasteiger partial charge in [0.05, 0.1) is 6.54 Å². The molecule has 0 radical (unpaired) electrons. The fraction of sp³-hybridized carbons (Fsp3) is 0.357. The van der Waals surface area contributed by atoms with E-state index in [4.69, 9.17) is 16.1 Å². The van der Waals surface area contributed by atoms with Gasteiger partial charge in [-0.1, -0.05) is 28.9 Å². The number of carbonyl (C=O) groups excluding carboxylic acids is 1. The monoisotopic (exact) mass is 291 g/mol. The third-order valence-electron chi connectivity index (χ3n) is 3.26. The van der Waals surface area contributed by atoms with Gasteiger partial charge in [0.2, 0.25) is 17.6 Å². The maximum absolute atomic E-state index is 11.5. The van der Waals surface area contributed by atoms with Crippen LogP contribution in [-0.2, 0) is 11.3 Å². The maximum Gasteiger partial charge on any atom is 0.246 e. The molecule has 0 spiro atoms. The molecular formula is C14H14ClN3O2. The van der Waals surface area contributed by atoms with Crippen molar-refractivity contribution in [2.45, 2.75) is 26.3 Å². The van der Waals surface area contributed by atoms with Gasteiger partial charge in [0.25, 0.3) is 0 Å². The Kier molecular flexibility index (Phi) is 3.44. The number of hydrogen-bond donors (Lipinski definition) is 1. The molecule has 0 bridgehead atoms. The van der Waals surface area contributed by atoms with E-state index in [9.17, 15) is 4.79 Å². The molecule has 1 N–H and O–H groups in total. The predicted octanol–water partition coefficient (Wildman–Crippen LogP) is 2.72. The van der Waals surface area contributed by atoms with Gasteiger partial charge in [-0.15, -0.1) is 0 Å². The highest BCUT2D eigenvalue weighted by Crippen LogP contribution is 2.28. The first-order chi connectivity index (χ1) is 9.63. The molecule has 0 unspecified atom stereocenters. The zero-order chi connectivity index (χ0) is 14.1. The molecule has 0 atom stereocenters. The second-order valence-corrected chi connectivity index (χ2v) is 5.37. The molecule has 1 aromatic heterocycles. The van der Waals surface area contributed by atoms with Gasteiger partial charge in [0.1, 0.15) is 0 Å². The Labute approximate surface area is 121 Å². The first-order valence-electron chi connectivity index (χ1n) is 6.50. The van der Waals surface area contributed by atoms with Gasteiger partial charge in [0.15, 0.2) is 0 Å². The summed E-state index contributed by atoms with van der Waals surface area (Å²) in [6.45, 7) is 2.20. The Bertz CT molecular complexity index is 650. The van der Waals surface area contributed by atoms with Crippen molar-refractivity contribution >= 4 is 17.5 Å². The molecular weight excluding hydrogens is 278 g/mol. The minimum Gasteiger partial charge on any atom is -0.347 e. The molecule has 1 heterocycles. The number of aryl methyl sites for hydroxylation is 1. The minimum atomic E-state index is 0.0585. The third-order valence-corrected chi connectivity index (χ3v) is 3.67. The number of nitrogens with zero attached hydrogens (tertiary/aromatic N) is 2. The van der Waals surface area contributed by atoms with Crippen LogP contribution in [0.25, 0.3) is 11.4 Å². The van der Waals surface area contributed by atoms with Gasteiger partial charge in [-0.05, 0) is 31.4 Å². The SMILES string of the molecule is Cc1ccc(-c2noc(CNC(=O)C3CC3)n2)cc1Cl. The molecule has 2 aromatic rings. The highest BCUT2D eigenvalue weighted by atomic mass is 35.5. The van der Waals surface area contributed by atoms with E-state index in [1.807, 2.05) is 19.1 Å². The third kappa shape index (κ3) is 2.82. The standard InChI is InChI=1S/C14H14ClN3O2/c1-8-2-3-10(6-11(8)15)13-17-12(20-18-13)7-16-14(19)9-4-5-9/h2-3,6,9H,4-5,7H2,1H3,(H,16,19). The van der Waals surface area contributed by atoms with Crippen LogP contribution < -0.4 is 5.32 Å². The highest BCUT2D eigenvalue weighted by molar-refractivity contribution is 6.31. The molecule has 1 aliphatic rings. The largest absolute Gasteiger partial charge is 0.347 e. The van der Waals surface area contributed by atoms with Gasteiger partial charge < -0.3 is 9.84 Å². The highest BCUT2D eigenvalue weighted by Gasteiger charge is 2.29. The predicted molar refractivity (Wildman–Crippen MR) is 74.1 cm³/mol. The molecule has 0 saturated heterocycles. The summed E-state index contributed by atoms with van der Waals surface area (Å²) < 4.78 is 5.12. The van der Waals surface area contributed by atoms with Crippen LogP contribution in [0.2, 0.25) is 5.02 Å². The lowest BCUT2D eigenvalue weighted by molar-refractivity contribution is -0.122. The Hall–Kier alpha value is -1.88. The summed E-state index contributed by atoms with van der Waals surface area (Å²) in [5.41, 5.74) is 1.79. The Morgan fingerprint density at radius 1 is 1.50 bits per heavy atom. The fourth-order valence-electron chi connectivity index (χ4n) is 1.83. The Morgan fingerprint density at radius 2 is 2.30 bits per heavy atom. The molecule has 20 heavy (non-hydrogen) atoms. The van der Waals surface area contributed by atoms with Gasteiger partial charge in [0, 0.05) is 16.5 Å². The lowest BCUT2D eigenvalue weighted by Crippen LogP contribution is -2.24. The average molecular weight is 292 g/mol. The number of carbonyl (C=O) groups is 1. The molecule has 1 saturated carbocycles. The van der Waals surface area contributed by atoms with Crippen LogP contribution in [0.3, 0.4) is 0 Å². The van der Waals surface area contributed by atoms with Gasteiger partial charge in [-0.2, -0.15) is 4.98 Å². The number of nitrogens with one attached hydrogen (secondary N) is 1. The number of halogens is 1. The van der Waals surface area contributed by atoms with Crippen LogP contribution in [0.4, 0.5) is 0 Å². The number of aromatic nitrogens is 2. The summed E-state index contributed by atoms with van der Waals surface area (Å²) in [7, 11) is 0. The van der Waals surface area contributed by atoms with E-state index in [0.717, 1.165) is 24.0 Å². The van der Waals surface area contributed by atoms with Crippen LogP contribution in [0, 0.1) is 12.8 Å². The Morgan fingerprint density at radius 3 is 3.00 bits per heavy atom. The van der Waals surface area contributed by atoms with Crippen molar-refractivity contribution in [1.29, 1.82) is 0 Å². The number of amides is 1. The molecule has 1 aliphatic carbocycles. The second-order valence-electron chi connectivity index (χ2n) is 4.97. The van der Waals surface area contributed by atoms with Gasteiger partial charge in [-0.25, -0.2) is 0 Å². The second kappa shape index (κ2) is 5.25. The van der Waals surface area contributed by atoms with E-state index >= 15 is 0 Å². The van der Waals surface area contributed by atoms with Crippen molar-refractivity contribution in [3.63, 3.8) is 0 Å². The molecule has 0 aliphatic heterocycles. The average Bonchev–Trinajstić information content (AvgIpc) is 3.18. The molecule has 6 heteroatoms. The van der Waals surface area contributed by atoms with E-state index in [1.54, 1.807) is 6.07 Å². The van der Waals surface area contributed by atoms with E-state index < -0.39 is 0 Å². The topological polar surface area (TPSA) is 68.0 Å². The molecule has 3 rings (SSSR count). The summed E-state index contributed by atoms with van der Waals surface area (Å²) in [6, 6.07) is 5.59. The van der Waals surface area contributed by atoms with Crippen LogP contribution in [0.5, 0.6) is 0 Å². The molecule has 5 nitrogen and oxygen atoms in total. The van der Waals surface area contributed by atoms with Crippen molar-refractivity contribution in [3.8, 4) is 11.4 Å². The van der Waals surface area contributed by atoms with Crippen molar-refractivity contribution in [2.24, 2.45) is 5.92 Å². The summed E-state index contributed by atoms with van der Waals surface area (Å²) in [5, 5.41) is 7.35. The lowest BCUT2D eigenvalue weighted by Gasteiger charge is -1.99. The van der Waals surface area contributed by atoms with Gasteiger partial charge >= 0.3 is 0 Å².